The molecule has 8 N–H and O–H groups in total. The van der Waals surface area contributed by atoms with Gasteiger partial charge in [-0.15, -0.1) is 0 Å². The molecule has 0 aromatic heterocycles. The third kappa shape index (κ3) is 5.88. The van der Waals surface area contributed by atoms with Crippen LogP contribution in [0.4, 0.5) is 0 Å². The highest BCUT2D eigenvalue weighted by molar-refractivity contribution is 5.75. The number of nitrogens with one attached hydrogen (secondary N) is 1. The first-order chi connectivity index (χ1) is 10.4. The third-order valence-corrected chi connectivity index (χ3v) is 3.14. The number of benzene rings is 1. The summed E-state index contributed by atoms with van der Waals surface area (Å²) < 4.78 is 0. The molecular formula is C14H22N4O4. The lowest BCUT2D eigenvalue weighted by Crippen LogP contribution is -2.38. The fourth-order valence-electron chi connectivity index (χ4n) is 2.01. The predicted molar refractivity (Wildman–Crippen MR) is 82.8 cm³/mol. The minimum atomic E-state index is -0.966. The minimum absolute atomic E-state index is 0.0126. The summed E-state index contributed by atoms with van der Waals surface area (Å²) in [6.07, 6.45) is 1.22. The van der Waals surface area contributed by atoms with Gasteiger partial charge in [0.25, 0.3) is 0 Å². The van der Waals surface area contributed by atoms with Crippen LogP contribution in [0.1, 0.15) is 18.4 Å². The summed E-state index contributed by atoms with van der Waals surface area (Å²) in [5.41, 5.74) is 10.8. The number of hydrogen-bond acceptors (Lipinski definition) is 5. The summed E-state index contributed by atoms with van der Waals surface area (Å²) in [6.45, 7) is 0.679. The molecule has 0 fully saturated rings. The second-order valence-electron chi connectivity index (χ2n) is 4.82. The molecule has 22 heavy (non-hydrogen) atoms. The first-order valence-electron chi connectivity index (χ1n) is 6.93. The molecule has 0 radical (unpaired) electrons. The van der Waals surface area contributed by atoms with Crippen molar-refractivity contribution in [2.75, 3.05) is 13.1 Å². The molecule has 1 rings (SSSR count). The average molecular weight is 310 g/mol. The highest BCUT2D eigenvalue weighted by Crippen LogP contribution is 2.26. The van der Waals surface area contributed by atoms with E-state index in [1.165, 1.54) is 18.2 Å². The van der Waals surface area contributed by atoms with Crippen molar-refractivity contribution in [3.05, 3.63) is 23.8 Å². The molecule has 0 aliphatic carbocycles. The van der Waals surface area contributed by atoms with Crippen LogP contribution >= 0.6 is 0 Å². The second-order valence-corrected chi connectivity index (χ2v) is 4.82. The topological polar surface area (TPSA) is 154 Å². The molecule has 0 heterocycles. The smallest absolute Gasteiger partial charge is 0.320 e. The van der Waals surface area contributed by atoms with E-state index >= 15 is 0 Å². The van der Waals surface area contributed by atoms with Crippen molar-refractivity contribution < 1.29 is 20.1 Å². The van der Waals surface area contributed by atoms with Crippen LogP contribution in [-0.4, -0.2) is 46.4 Å². The maximum Gasteiger partial charge on any atom is 0.320 e. The van der Waals surface area contributed by atoms with Crippen LogP contribution in [0.3, 0.4) is 0 Å². The van der Waals surface area contributed by atoms with Gasteiger partial charge in [-0.05, 0) is 31.4 Å². The number of nitrogens with zero attached hydrogens (tertiary/aromatic N) is 1. The number of carbonyl (C=O) groups is 1. The SMILES string of the molecule is NC(N)=NCCC[C@H](NCCc1c(O)cccc1O)C(=O)O. The molecule has 0 bridgehead atoms. The molecule has 0 saturated heterocycles. The zero-order valence-electron chi connectivity index (χ0n) is 12.2. The largest absolute Gasteiger partial charge is 0.508 e. The van der Waals surface area contributed by atoms with Gasteiger partial charge in [-0.1, -0.05) is 6.07 Å². The Hall–Kier alpha value is -2.48. The van der Waals surface area contributed by atoms with E-state index in [1.807, 2.05) is 0 Å². The Bertz CT molecular complexity index is 509. The van der Waals surface area contributed by atoms with Gasteiger partial charge in [-0.3, -0.25) is 9.79 Å². The summed E-state index contributed by atoms with van der Waals surface area (Å²) in [5, 5.41) is 31.3. The summed E-state index contributed by atoms with van der Waals surface area (Å²) in [7, 11) is 0. The molecule has 1 aromatic rings. The van der Waals surface area contributed by atoms with Crippen LogP contribution < -0.4 is 16.8 Å². The van der Waals surface area contributed by atoms with Crippen LogP contribution in [-0.2, 0) is 11.2 Å². The van der Waals surface area contributed by atoms with Crippen molar-refractivity contribution in [2.45, 2.75) is 25.3 Å². The Morgan fingerprint density at radius 3 is 2.45 bits per heavy atom. The molecule has 0 unspecified atom stereocenters. The lowest BCUT2D eigenvalue weighted by Gasteiger charge is -2.14. The molecule has 0 aliphatic heterocycles. The van der Waals surface area contributed by atoms with Crippen LogP contribution in [0.25, 0.3) is 0 Å². The van der Waals surface area contributed by atoms with Crippen LogP contribution in [0, 0.1) is 0 Å². The summed E-state index contributed by atoms with van der Waals surface area (Å²) >= 11 is 0. The molecule has 0 spiro atoms. The Morgan fingerprint density at radius 1 is 1.27 bits per heavy atom. The summed E-state index contributed by atoms with van der Waals surface area (Å²) in [6, 6.07) is 3.74. The van der Waals surface area contributed by atoms with E-state index in [0.29, 0.717) is 37.9 Å². The predicted octanol–water partition coefficient (Wildman–Crippen LogP) is -0.263. The summed E-state index contributed by atoms with van der Waals surface area (Å²) in [5.74, 6) is -1.01. The van der Waals surface area contributed by atoms with E-state index in [9.17, 15) is 15.0 Å². The zero-order chi connectivity index (χ0) is 16.5. The number of phenolic OH excluding ortho intramolecular Hbond substituents is 2. The standard InChI is InChI=1S/C14H22N4O4/c15-14(16)18-7-2-3-10(13(21)22)17-8-6-9-11(19)4-1-5-12(9)20/h1,4-5,10,17,19-20H,2-3,6-8H2,(H,21,22)(H4,15,16,18)/t10-/m0/s1. The van der Waals surface area contributed by atoms with Gasteiger partial charge < -0.3 is 32.1 Å². The van der Waals surface area contributed by atoms with Crippen molar-refractivity contribution in [1.29, 1.82) is 0 Å². The number of carboxylic acids is 1. The Kier molecular flexibility index (Phi) is 6.97. The lowest BCUT2D eigenvalue weighted by molar-refractivity contribution is -0.139. The Labute approximate surface area is 128 Å². The van der Waals surface area contributed by atoms with E-state index in [0.717, 1.165) is 0 Å². The highest BCUT2D eigenvalue weighted by atomic mass is 16.4. The first-order valence-corrected chi connectivity index (χ1v) is 6.93. The van der Waals surface area contributed by atoms with E-state index in [-0.39, 0.29) is 17.5 Å². The maximum atomic E-state index is 11.2. The molecule has 1 aromatic carbocycles. The van der Waals surface area contributed by atoms with Gasteiger partial charge in [-0.25, -0.2) is 0 Å². The van der Waals surface area contributed by atoms with Crippen molar-refractivity contribution in [2.24, 2.45) is 16.5 Å². The van der Waals surface area contributed by atoms with Gasteiger partial charge in [0.05, 0.1) is 0 Å². The number of hydrogen-bond donors (Lipinski definition) is 6. The molecule has 0 amide bonds. The van der Waals surface area contributed by atoms with Crippen molar-refractivity contribution >= 4 is 11.9 Å². The quantitative estimate of drug-likeness (QED) is 0.208. The number of guanidine groups is 1. The summed E-state index contributed by atoms with van der Waals surface area (Å²) in [4.78, 5) is 14.9. The Morgan fingerprint density at radius 2 is 1.91 bits per heavy atom. The number of carboxylic acid groups (broad SMARTS) is 1. The van der Waals surface area contributed by atoms with Gasteiger partial charge in [0.1, 0.15) is 17.5 Å². The highest BCUT2D eigenvalue weighted by Gasteiger charge is 2.16. The molecule has 122 valence electrons. The number of aliphatic imine (C=N–C) groups is 1. The third-order valence-electron chi connectivity index (χ3n) is 3.14. The number of phenols is 2. The molecule has 0 aliphatic rings. The van der Waals surface area contributed by atoms with Crippen LogP contribution in [0.5, 0.6) is 11.5 Å². The first kappa shape index (κ1) is 17.6. The zero-order valence-corrected chi connectivity index (χ0v) is 12.2. The van der Waals surface area contributed by atoms with Crippen molar-refractivity contribution in [3.63, 3.8) is 0 Å². The molecule has 1 atom stereocenters. The number of aliphatic carboxylic acids is 1. The molecule has 8 heteroatoms. The maximum absolute atomic E-state index is 11.2. The molecule has 8 nitrogen and oxygen atoms in total. The van der Waals surface area contributed by atoms with E-state index in [1.54, 1.807) is 0 Å². The van der Waals surface area contributed by atoms with E-state index in [2.05, 4.69) is 10.3 Å². The van der Waals surface area contributed by atoms with Gasteiger partial charge in [0.15, 0.2) is 5.96 Å². The van der Waals surface area contributed by atoms with Crippen LogP contribution in [0.15, 0.2) is 23.2 Å². The average Bonchev–Trinajstić information content (AvgIpc) is 2.43. The number of rotatable bonds is 9. The van der Waals surface area contributed by atoms with Crippen LogP contribution in [0.2, 0.25) is 0 Å². The van der Waals surface area contributed by atoms with Gasteiger partial charge in [0.2, 0.25) is 0 Å². The minimum Gasteiger partial charge on any atom is -0.508 e. The number of nitrogens with two attached hydrogens (primary N) is 2. The van der Waals surface area contributed by atoms with Gasteiger partial charge in [-0.2, -0.15) is 0 Å². The Balaban J connectivity index is 2.45. The second kappa shape index (κ2) is 8.73. The fraction of sp³-hybridized carbons (Fsp3) is 0.429. The molecular weight excluding hydrogens is 288 g/mol. The number of aromatic hydroxyl groups is 2. The normalized spacial score (nSPS) is 11.8. The van der Waals surface area contributed by atoms with E-state index < -0.39 is 12.0 Å². The van der Waals surface area contributed by atoms with Gasteiger partial charge in [0, 0.05) is 18.7 Å². The van der Waals surface area contributed by atoms with E-state index in [4.69, 9.17) is 16.6 Å². The van der Waals surface area contributed by atoms with Crippen molar-refractivity contribution in [1.82, 2.24) is 5.32 Å². The monoisotopic (exact) mass is 310 g/mol. The van der Waals surface area contributed by atoms with Gasteiger partial charge >= 0.3 is 5.97 Å². The van der Waals surface area contributed by atoms with Crippen molar-refractivity contribution in [3.8, 4) is 11.5 Å². The fourth-order valence-corrected chi connectivity index (χ4v) is 2.01. The lowest BCUT2D eigenvalue weighted by atomic mass is 10.1. The molecule has 0 saturated carbocycles.